The maximum atomic E-state index is 11.5. The van der Waals surface area contributed by atoms with Crippen LogP contribution in [0.5, 0.6) is 0 Å². The average Bonchev–Trinajstić information content (AvgIpc) is 3.10. The van der Waals surface area contributed by atoms with E-state index < -0.39 is 5.97 Å². The van der Waals surface area contributed by atoms with Crippen molar-refractivity contribution >= 4 is 34.0 Å². The third-order valence-corrected chi connectivity index (χ3v) is 5.28. The highest BCUT2D eigenvalue weighted by molar-refractivity contribution is 7.18. The number of anilines is 1. The summed E-state index contributed by atoms with van der Waals surface area (Å²) in [4.78, 5) is 18.6. The Morgan fingerprint density at radius 2 is 2.30 bits per heavy atom. The Bertz CT molecular complexity index is 518. The highest BCUT2D eigenvalue weighted by atomic mass is 35.5. The highest BCUT2D eigenvalue weighted by Gasteiger charge is 2.39. The molecule has 20 heavy (non-hydrogen) atoms. The van der Waals surface area contributed by atoms with Crippen LogP contribution >= 0.6 is 22.9 Å². The Morgan fingerprint density at radius 3 is 2.95 bits per heavy atom. The number of nitrogens with one attached hydrogen (secondary N) is 1. The molecule has 1 aliphatic carbocycles. The van der Waals surface area contributed by atoms with Gasteiger partial charge in [-0.05, 0) is 26.2 Å². The molecule has 5 nitrogen and oxygen atoms in total. The van der Waals surface area contributed by atoms with Crippen LogP contribution < -0.4 is 5.32 Å². The van der Waals surface area contributed by atoms with Crippen LogP contribution in [0.2, 0.25) is 5.15 Å². The van der Waals surface area contributed by atoms with Crippen molar-refractivity contribution < 1.29 is 9.53 Å². The molecule has 3 rings (SSSR count). The standard InChI is InChI=1S/C13H18ClN3O2S/c1-7-5-8(6-17(7)9-3-4-9)15-13-16-11(14)10(20-13)12(18)19-2/h7-9H,3-6H2,1-2H3,(H,15,16). The minimum atomic E-state index is -0.431. The quantitative estimate of drug-likeness (QED) is 0.866. The second-order valence-corrected chi connectivity index (χ2v) is 6.84. The summed E-state index contributed by atoms with van der Waals surface area (Å²) in [5.74, 6) is -0.431. The lowest BCUT2D eigenvalue weighted by atomic mass is 10.2. The van der Waals surface area contributed by atoms with Gasteiger partial charge < -0.3 is 10.1 Å². The first-order chi connectivity index (χ1) is 9.58. The zero-order chi connectivity index (χ0) is 14.3. The van der Waals surface area contributed by atoms with Gasteiger partial charge in [-0.25, -0.2) is 9.78 Å². The molecule has 2 aliphatic rings. The Labute approximate surface area is 127 Å². The van der Waals surface area contributed by atoms with E-state index in [-0.39, 0.29) is 5.15 Å². The number of thiazole rings is 1. The summed E-state index contributed by atoms with van der Waals surface area (Å²) < 4.78 is 4.69. The van der Waals surface area contributed by atoms with Crippen molar-refractivity contribution in [2.45, 2.75) is 44.3 Å². The fourth-order valence-electron chi connectivity index (χ4n) is 2.83. The number of hydrogen-bond donors (Lipinski definition) is 1. The summed E-state index contributed by atoms with van der Waals surface area (Å²) in [6.07, 6.45) is 3.75. The van der Waals surface area contributed by atoms with E-state index in [1.807, 2.05) is 0 Å². The zero-order valence-electron chi connectivity index (χ0n) is 11.6. The molecule has 1 N–H and O–H groups in total. The predicted molar refractivity (Wildman–Crippen MR) is 79.7 cm³/mol. The van der Waals surface area contributed by atoms with Gasteiger partial charge in [-0.1, -0.05) is 22.9 Å². The summed E-state index contributed by atoms with van der Waals surface area (Å²) in [5, 5.41) is 4.31. The van der Waals surface area contributed by atoms with E-state index in [0.717, 1.165) is 19.0 Å². The summed E-state index contributed by atoms with van der Waals surface area (Å²) in [5.41, 5.74) is 0. The molecule has 0 amide bonds. The van der Waals surface area contributed by atoms with Crippen molar-refractivity contribution in [3.05, 3.63) is 10.0 Å². The van der Waals surface area contributed by atoms with Crippen molar-refractivity contribution in [3.8, 4) is 0 Å². The second-order valence-electron chi connectivity index (χ2n) is 5.48. The zero-order valence-corrected chi connectivity index (χ0v) is 13.1. The molecule has 2 atom stereocenters. The van der Waals surface area contributed by atoms with Crippen LogP contribution in [-0.4, -0.2) is 47.6 Å². The van der Waals surface area contributed by atoms with E-state index in [1.54, 1.807) is 0 Å². The molecular weight excluding hydrogens is 298 g/mol. The molecule has 1 aliphatic heterocycles. The van der Waals surface area contributed by atoms with Crippen LogP contribution in [0.15, 0.2) is 0 Å². The number of rotatable bonds is 4. The summed E-state index contributed by atoms with van der Waals surface area (Å²) in [7, 11) is 1.34. The number of methoxy groups -OCH3 is 1. The molecular formula is C13H18ClN3O2S. The number of aromatic nitrogens is 1. The molecule has 110 valence electrons. The Hall–Kier alpha value is -0.850. The number of nitrogens with zero attached hydrogens (tertiary/aromatic N) is 2. The first kappa shape index (κ1) is 14.1. The highest BCUT2D eigenvalue weighted by Crippen LogP contribution is 2.35. The van der Waals surface area contributed by atoms with E-state index >= 15 is 0 Å². The van der Waals surface area contributed by atoms with Gasteiger partial charge in [-0.3, -0.25) is 4.90 Å². The van der Waals surface area contributed by atoms with Gasteiger partial charge in [-0.2, -0.15) is 0 Å². The maximum Gasteiger partial charge on any atom is 0.351 e. The number of halogens is 1. The smallest absolute Gasteiger partial charge is 0.351 e. The van der Waals surface area contributed by atoms with Gasteiger partial charge in [0.15, 0.2) is 15.2 Å². The van der Waals surface area contributed by atoms with Crippen LogP contribution in [0.3, 0.4) is 0 Å². The van der Waals surface area contributed by atoms with E-state index in [9.17, 15) is 4.79 Å². The fourth-order valence-corrected chi connectivity index (χ4v) is 4.01. The molecule has 0 bridgehead atoms. The molecule has 7 heteroatoms. The normalized spacial score (nSPS) is 26.8. The van der Waals surface area contributed by atoms with Crippen LogP contribution in [0.1, 0.15) is 35.9 Å². The molecule has 1 aromatic rings. The third-order valence-electron chi connectivity index (χ3n) is 3.92. The van der Waals surface area contributed by atoms with Gasteiger partial charge in [0.1, 0.15) is 0 Å². The Kier molecular flexibility index (Phi) is 3.88. The molecule has 1 saturated carbocycles. The van der Waals surface area contributed by atoms with Crippen LogP contribution in [0, 0.1) is 0 Å². The van der Waals surface area contributed by atoms with E-state index in [1.165, 1.54) is 31.3 Å². The number of likely N-dealkylation sites (tertiary alicyclic amines) is 1. The van der Waals surface area contributed by atoms with Crippen LogP contribution in [0.4, 0.5) is 5.13 Å². The lowest BCUT2D eigenvalue weighted by Gasteiger charge is -2.19. The first-order valence-corrected chi connectivity index (χ1v) is 8.05. The number of carbonyl (C=O) groups is 1. The SMILES string of the molecule is COC(=O)c1sc(NC2CC(C)N(C3CC3)C2)nc1Cl. The van der Waals surface area contributed by atoms with Gasteiger partial charge in [0.25, 0.3) is 0 Å². The maximum absolute atomic E-state index is 11.5. The van der Waals surface area contributed by atoms with Crippen molar-refractivity contribution in [3.63, 3.8) is 0 Å². The topological polar surface area (TPSA) is 54.5 Å². The van der Waals surface area contributed by atoms with Crippen molar-refractivity contribution in [1.82, 2.24) is 9.88 Å². The predicted octanol–water partition coefficient (Wildman–Crippen LogP) is 2.62. The lowest BCUT2D eigenvalue weighted by molar-refractivity contribution is 0.0606. The van der Waals surface area contributed by atoms with Gasteiger partial charge in [0.2, 0.25) is 0 Å². The molecule has 2 heterocycles. The van der Waals surface area contributed by atoms with Crippen LogP contribution in [-0.2, 0) is 4.74 Å². The van der Waals surface area contributed by atoms with Crippen molar-refractivity contribution in [2.24, 2.45) is 0 Å². The molecule has 2 unspecified atom stereocenters. The summed E-state index contributed by atoms with van der Waals surface area (Å²) >= 11 is 7.23. The second kappa shape index (κ2) is 5.50. The fraction of sp³-hybridized carbons (Fsp3) is 0.692. The summed E-state index contributed by atoms with van der Waals surface area (Å²) in [6.45, 7) is 3.31. The molecule has 2 fully saturated rings. The van der Waals surface area contributed by atoms with E-state index in [4.69, 9.17) is 11.6 Å². The molecule has 0 aromatic carbocycles. The first-order valence-electron chi connectivity index (χ1n) is 6.85. The average molecular weight is 316 g/mol. The largest absolute Gasteiger partial charge is 0.465 e. The van der Waals surface area contributed by atoms with Crippen LogP contribution in [0.25, 0.3) is 0 Å². The molecule has 0 spiro atoms. The number of carbonyl (C=O) groups excluding carboxylic acids is 1. The van der Waals surface area contributed by atoms with Gasteiger partial charge in [0, 0.05) is 24.7 Å². The van der Waals surface area contributed by atoms with Gasteiger partial charge in [-0.15, -0.1) is 0 Å². The van der Waals surface area contributed by atoms with Crippen molar-refractivity contribution in [2.75, 3.05) is 19.0 Å². The lowest BCUT2D eigenvalue weighted by Crippen LogP contribution is -2.30. The van der Waals surface area contributed by atoms with E-state index in [2.05, 4.69) is 26.9 Å². The van der Waals surface area contributed by atoms with Crippen molar-refractivity contribution in [1.29, 1.82) is 0 Å². The Balaban J connectivity index is 1.65. The minimum absolute atomic E-state index is 0.217. The minimum Gasteiger partial charge on any atom is -0.465 e. The molecule has 1 aromatic heterocycles. The number of esters is 1. The Morgan fingerprint density at radius 1 is 1.55 bits per heavy atom. The number of hydrogen-bond acceptors (Lipinski definition) is 6. The molecule has 1 saturated heterocycles. The summed E-state index contributed by atoms with van der Waals surface area (Å²) in [6, 6.07) is 1.76. The monoisotopic (exact) mass is 315 g/mol. The van der Waals surface area contributed by atoms with Gasteiger partial charge >= 0.3 is 5.97 Å². The number of ether oxygens (including phenoxy) is 1. The molecule has 0 radical (unpaired) electrons. The van der Waals surface area contributed by atoms with E-state index in [0.29, 0.717) is 22.1 Å². The van der Waals surface area contributed by atoms with Gasteiger partial charge in [0.05, 0.1) is 7.11 Å². The third kappa shape index (κ3) is 2.77.